The maximum atomic E-state index is 13.3. The van der Waals surface area contributed by atoms with E-state index < -0.39 is 0 Å². The van der Waals surface area contributed by atoms with Gasteiger partial charge in [-0.1, -0.05) is 44.8 Å². The molecule has 0 aromatic heterocycles. The van der Waals surface area contributed by atoms with E-state index in [0.717, 1.165) is 23.1 Å². The molecule has 0 bridgehead atoms. The van der Waals surface area contributed by atoms with E-state index in [0.29, 0.717) is 16.0 Å². The average Bonchev–Trinajstić information content (AvgIpc) is 2.36. The quantitative estimate of drug-likeness (QED) is 0.737. The highest BCUT2D eigenvalue weighted by Crippen LogP contribution is 2.29. The Morgan fingerprint density at radius 3 is 2.55 bits per heavy atom. The van der Waals surface area contributed by atoms with Crippen molar-refractivity contribution in [1.29, 1.82) is 0 Å². The second-order valence-corrected chi connectivity index (χ2v) is 6.01. The molecule has 2 aromatic rings. The first-order valence-corrected chi connectivity index (χ1v) is 7.80. The third kappa shape index (κ3) is 4.30. The molecular weight excluding hydrogens is 389 g/mol. The number of halogens is 3. The summed E-state index contributed by atoms with van der Waals surface area (Å²) in [5, 5.41) is 3.26. The predicted octanol–water partition coefficient (Wildman–Crippen LogP) is 5.25. The van der Waals surface area contributed by atoms with E-state index in [9.17, 15) is 4.39 Å². The Balaban J connectivity index is 2.15. The molecule has 0 aliphatic rings. The zero-order valence-electron chi connectivity index (χ0n) is 10.9. The van der Waals surface area contributed by atoms with Crippen molar-refractivity contribution >= 4 is 31.9 Å². The lowest BCUT2D eigenvalue weighted by atomic mass is 10.2. The van der Waals surface area contributed by atoms with Gasteiger partial charge in [0.25, 0.3) is 0 Å². The Morgan fingerprint density at radius 1 is 1.10 bits per heavy atom. The Bertz CT molecular complexity index is 584. The summed E-state index contributed by atoms with van der Waals surface area (Å²) in [7, 11) is 0. The summed E-state index contributed by atoms with van der Waals surface area (Å²) >= 11 is 6.76. The van der Waals surface area contributed by atoms with Crippen molar-refractivity contribution in [1.82, 2.24) is 5.32 Å². The largest absolute Gasteiger partial charge is 0.457 e. The van der Waals surface area contributed by atoms with Crippen LogP contribution in [0.4, 0.5) is 4.39 Å². The van der Waals surface area contributed by atoms with Gasteiger partial charge in [-0.3, -0.25) is 0 Å². The molecule has 5 heteroatoms. The summed E-state index contributed by atoms with van der Waals surface area (Å²) in [4.78, 5) is 0. The molecule has 0 saturated carbocycles. The van der Waals surface area contributed by atoms with Crippen LogP contribution in [-0.2, 0) is 6.54 Å². The van der Waals surface area contributed by atoms with Gasteiger partial charge >= 0.3 is 0 Å². The standard InChI is InChI=1S/C15H14Br2FNO/c1-2-19-9-10-3-4-13(8-15(10)17)20-14-6-11(16)5-12(18)7-14/h3-8,19H,2,9H2,1H3. The lowest BCUT2D eigenvalue weighted by molar-refractivity contribution is 0.475. The van der Waals surface area contributed by atoms with Crippen molar-refractivity contribution in [3.05, 3.63) is 56.7 Å². The molecule has 2 rings (SSSR count). The Morgan fingerprint density at radius 2 is 1.90 bits per heavy atom. The van der Waals surface area contributed by atoms with Gasteiger partial charge in [0.15, 0.2) is 0 Å². The van der Waals surface area contributed by atoms with Crippen molar-refractivity contribution < 1.29 is 9.13 Å². The third-order valence-corrected chi connectivity index (χ3v) is 3.86. The molecule has 0 fully saturated rings. The first kappa shape index (κ1) is 15.5. The molecule has 2 nitrogen and oxygen atoms in total. The van der Waals surface area contributed by atoms with E-state index in [-0.39, 0.29) is 5.82 Å². The highest BCUT2D eigenvalue weighted by Gasteiger charge is 2.05. The molecule has 0 aliphatic heterocycles. The van der Waals surface area contributed by atoms with E-state index in [1.54, 1.807) is 6.07 Å². The smallest absolute Gasteiger partial charge is 0.131 e. The van der Waals surface area contributed by atoms with Gasteiger partial charge in [-0.25, -0.2) is 4.39 Å². The van der Waals surface area contributed by atoms with Crippen molar-refractivity contribution in [3.8, 4) is 11.5 Å². The fourth-order valence-corrected chi connectivity index (χ4v) is 2.66. The topological polar surface area (TPSA) is 21.3 Å². The molecule has 0 aliphatic carbocycles. The Labute approximate surface area is 134 Å². The summed E-state index contributed by atoms with van der Waals surface area (Å²) in [6, 6.07) is 10.2. The highest BCUT2D eigenvalue weighted by atomic mass is 79.9. The normalized spacial score (nSPS) is 10.6. The van der Waals surface area contributed by atoms with E-state index in [1.807, 2.05) is 18.2 Å². The Hall–Kier alpha value is -0.910. The van der Waals surface area contributed by atoms with Gasteiger partial charge in [0.2, 0.25) is 0 Å². The minimum atomic E-state index is -0.336. The molecule has 20 heavy (non-hydrogen) atoms. The first-order valence-electron chi connectivity index (χ1n) is 6.21. The molecule has 106 valence electrons. The summed E-state index contributed by atoms with van der Waals surface area (Å²) in [6.45, 7) is 3.78. The van der Waals surface area contributed by atoms with Crippen LogP contribution < -0.4 is 10.1 Å². The van der Waals surface area contributed by atoms with Crippen LogP contribution in [0, 0.1) is 5.82 Å². The molecule has 1 N–H and O–H groups in total. The number of nitrogens with one attached hydrogen (secondary N) is 1. The molecule has 0 saturated heterocycles. The highest BCUT2D eigenvalue weighted by molar-refractivity contribution is 9.10. The lowest BCUT2D eigenvalue weighted by Crippen LogP contribution is -2.11. The summed E-state index contributed by atoms with van der Waals surface area (Å²) in [6.07, 6.45) is 0. The van der Waals surface area contributed by atoms with Crippen LogP contribution >= 0.6 is 31.9 Å². The van der Waals surface area contributed by atoms with Crippen LogP contribution in [0.25, 0.3) is 0 Å². The molecule has 0 atom stereocenters. The van der Waals surface area contributed by atoms with Gasteiger partial charge in [0.05, 0.1) is 0 Å². The number of hydrogen-bond donors (Lipinski definition) is 1. The number of rotatable bonds is 5. The average molecular weight is 403 g/mol. The van der Waals surface area contributed by atoms with Crippen molar-refractivity contribution in [2.45, 2.75) is 13.5 Å². The number of benzene rings is 2. The Kier molecular flexibility index (Phi) is 5.57. The fraction of sp³-hybridized carbons (Fsp3) is 0.200. The van der Waals surface area contributed by atoms with Crippen molar-refractivity contribution in [2.24, 2.45) is 0 Å². The molecule has 0 heterocycles. The van der Waals surface area contributed by atoms with Gasteiger partial charge in [-0.15, -0.1) is 0 Å². The van der Waals surface area contributed by atoms with Gasteiger partial charge in [0, 0.05) is 21.6 Å². The molecular formula is C15H14Br2FNO. The SMILES string of the molecule is CCNCc1ccc(Oc2cc(F)cc(Br)c2)cc1Br. The predicted molar refractivity (Wildman–Crippen MR) is 85.7 cm³/mol. The zero-order valence-corrected chi connectivity index (χ0v) is 14.1. The second-order valence-electron chi connectivity index (χ2n) is 4.24. The first-order chi connectivity index (χ1) is 9.58. The monoisotopic (exact) mass is 401 g/mol. The summed E-state index contributed by atoms with van der Waals surface area (Å²) in [5.74, 6) is 0.787. The van der Waals surface area contributed by atoms with Crippen molar-refractivity contribution in [3.63, 3.8) is 0 Å². The maximum absolute atomic E-state index is 13.3. The molecule has 0 amide bonds. The van der Waals surface area contributed by atoms with Gasteiger partial charge < -0.3 is 10.1 Å². The molecule has 0 spiro atoms. The maximum Gasteiger partial charge on any atom is 0.131 e. The van der Waals surface area contributed by atoms with Crippen LogP contribution in [0.3, 0.4) is 0 Å². The zero-order chi connectivity index (χ0) is 14.5. The second kappa shape index (κ2) is 7.20. The summed E-state index contributed by atoms with van der Waals surface area (Å²) < 4.78 is 20.6. The summed E-state index contributed by atoms with van der Waals surface area (Å²) in [5.41, 5.74) is 1.15. The number of ether oxygens (including phenoxy) is 1. The van der Waals surface area contributed by atoms with Crippen LogP contribution in [0.2, 0.25) is 0 Å². The van der Waals surface area contributed by atoms with Crippen LogP contribution in [-0.4, -0.2) is 6.54 Å². The molecule has 2 aromatic carbocycles. The fourth-order valence-electron chi connectivity index (χ4n) is 1.72. The van der Waals surface area contributed by atoms with Gasteiger partial charge in [-0.2, -0.15) is 0 Å². The third-order valence-electron chi connectivity index (χ3n) is 2.66. The van der Waals surface area contributed by atoms with Gasteiger partial charge in [0.1, 0.15) is 17.3 Å². The minimum Gasteiger partial charge on any atom is -0.457 e. The van der Waals surface area contributed by atoms with Crippen LogP contribution in [0.5, 0.6) is 11.5 Å². The van der Waals surface area contributed by atoms with Crippen LogP contribution in [0.1, 0.15) is 12.5 Å². The van der Waals surface area contributed by atoms with E-state index >= 15 is 0 Å². The number of hydrogen-bond acceptors (Lipinski definition) is 2. The van der Waals surface area contributed by atoms with Gasteiger partial charge in [-0.05, 0) is 36.4 Å². The van der Waals surface area contributed by atoms with E-state index in [1.165, 1.54) is 12.1 Å². The molecule has 0 radical (unpaired) electrons. The lowest BCUT2D eigenvalue weighted by Gasteiger charge is -2.10. The van der Waals surface area contributed by atoms with Crippen LogP contribution in [0.15, 0.2) is 45.3 Å². The minimum absolute atomic E-state index is 0.336. The van der Waals surface area contributed by atoms with Crippen molar-refractivity contribution in [2.75, 3.05) is 6.54 Å². The van der Waals surface area contributed by atoms with E-state index in [2.05, 4.69) is 44.1 Å². The van der Waals surface area contributed by atoms with E-state index in [4.69, 9.17) is 4.74 Å². The molecule has 0 unspecified atom stereocenters.